The lowest BCUT2D eigenvalue weighted by Crippen LogP contribution is -2.13. The van der Waals surface area contributed by atoms with Crippen LogP contribution < -0.4 is 5.32 Å². The van der Waals surface area contributed by atoms with E-state index in [0.29, 0.717) is 5.02 Å². The monoisotopic (exact) mass is 375 g/mol. The van der Waals surface area contributed by atoms with E-state index in [1.165, 1.54) is 14.2 Å². The third-order valence-corrected chi connectivity index (χ3v) is 6.42. The van der Waals surface area contributed by atoms with Crippen LogP contribution in [-0.2, 0) is 13.6 Å². The Labute approximate surface area is 152 Å². The van der Waals surface area contributed by atoms with Gasteiger partial charge in [-0.05, 0) is 29.1 Å². The van der Waals surface area contributed by atoms with Crippen molar-refractivity contribution in [2.75, 3.05) is 19.5 Å². The van der Waals surface area contributed by atoms with Crippen LogP contribution in [0.4, 0.5) is 5.69 Å². The molecule has 0 aromatic heterocycles. The van der Waals surface area contributed by atoms with Crippen molar-refractivity contribution >= 4 is 35.7 Å². The molecule has 1 N–H and O–H groups in total. The average Bonchev–Trinajstić information content (AvgIpc) is 2.66. The molecule has 0 heterocycles. The molecule has 0 aliphatic carbocycles. The highest BCUT2D eigenvalue weighted by atomic mass is 35.5. The van der Waals surface area contributed by atoms with Gasteiger partial charge in [-0.2, -0.15) is 0 Å². The summed E-state index contributed by atoms with van der Waals surface area (Å²) in [6.07, 6.45) is 0. The minimum Gasteiger partial charge on any atom is -0.367 e. The molecular formula is C19H19ClNO3P. The van der Waals surface area contributed by atoms with E-state index >= 15 is 0 Å². The Bertz CT molecular complexity index is 901. The molecule has 4 nitrogen and oxygen atoms in total. The first-order chi connectivity index (χ1) is 12.1. The van der Waals surface area contributed by atoms with E-state index in [1.54, 1.807) is 12.1 Å². The van der Waals surface area contributed by atoms with Crippen LogP contribution in [0, 0.1) is 0 Å². The lowest BCUT2D eigenvalue weighted by Gasteiger charge is -2.27. The third kappa shape index (κ3) is 3.73. The Kier molecular flexibility index (Phi) is 5.45. The molecule has 0 amide bonds. The minimum absolute atomic E-state index is 0.609. The maximum absolute atomic E-state index is 13.1. The summed E-state index contributed by atoms with van der Waals surface area (Å²) in [7, 11) is -0.652. The Hall–Kier alpha value is -1.84. The largest absolute Gasteiger partial charge is 0.367 e. The smallest absolute Gasteiger partial charge is 0.356 e. The Morgan fingerprint density at radius 2 is 1.56 bits per heavy atom. The van der Waals surface area contributed by atoms with E-state index in [0.717, 1.165) is 22.0 Å². The van der Waals surface area contributed by atoms with Crippen molar-refractivity contribution in [2.45, 2.75) is 5.78 Å². The number of fused-ring (bicyclic) bond motifs is 1. The van der Waals surface area contributed by atoms with Gasteiger partial charge in [0, 0.05) is 30.3 Å². The second kappa shape index (κ2) is 7.59. The summed E-state index contributed by atoms with van der Waals surface area (Å²) >= 11 is 5.98. The highest BCUT2D eigenvalue weighted by molar-refractivity contribution is 7.54. The van der Waals surface area contributed by atoms with Crippen molar-refractivity contribution in [2.24, 2.45) is 0 Å². The second-order valence-corrected chi connectivity index (χ2v) is 8.29. The van der Waals surface area contributed by atoms with Crippen LogP contribution in [0.15, 0.2) is 66.7 Å². The lowest BCUT2D eigenvalue weighted by molar-refractivity contribution is 0.268. The van der Waals surface area contributed by atoms with Crippen LogP contribution in [0.5, 0.6) is 0 Å². The molecule has 3 aromatic carbocycles. The van der Waals surface area contributed by atoms with E-state index in [-0.39, 0.29) is 0 Å². The Morgan fingerprint density at radius 1 is 0.920 bits per heavy atom. The molecule has 0 radical (unpaired) electrons. The fourth-order valence-corrected chi connectivity index (χ4v) is 4.31. The summed E-state index contributed by atoms with van der Waals surface area (Å²) in [6, 6.07) is 21.1. The molecule has 0 fully saturated rings. The predicted molar refractivity (Wildman–Crippen MR) is 103 cm³/mol. The van der Waals surface area contributed by atoms with E-state index in [2.05, 4.69) is 5.32 Å². The van der Waals surface area contributed by atoms with Gasteiger partial charge in [-0.25, -0.2) is 0 Å². The van der Waals surface area contributed by atoms with Gasteiger partial charge in [-0.15, -0.1) is 0 Å². The quantitative estimate of drug-likeness (QED) is 0.529. The summed E-state index contributed by atoms with van der Waals surface area (Å²) in [6.45, 7) is 0. The number of hydrogen-bond acceptors (Lipinski definition) is 4. The van der Waals surface area contributed by atoms with Gasteiger partial charge in [0.15, 0.2) is 5.78 Å². The summed E-state index contributed by atoms with van der Waals surface area (Å²) in [5.74, 6) is -0.662. The van der Waals surface area contributed by atoms with Gasteiger partial charge in [0.1, 0.15) is 0 Å². The number of hydrogen-bond donors (Lipinski definition) is 1. The maximum Gasteiger partial charge on any atom is 0.356 e. The number of anilines is 1. The van der Waals surface area contributed by atoms with Crippen molar-refractivity contribution in [1.82, 2.24) is 0 Å². The summed E-state index contributed by atoms with van der Waals surface area (Å²) in [5, 5.41) is 6.07. The van der Waals surface area contributed by atoms with Crippen LogP contribution >= 0.6 is 19.2 Å². The maximum atomic E-state index is 13.1. The second-order valence-electron chi connectivity index (χ2n) is 5.53. The van der Waals surface area contributed by atoms with Gasteiger partial charge in [-0.3, -0.25) is 4.57 Å². The first-order valence-corrected chi connectivity index (χ1v) is 9.77. The molecule has 25 heavy (non-hydrogen) atoms. The van der Waals surface area contributed by atoms with Crippen molar-refractivity contribution < 1.29 is 13.6 Å². The zero-order chi connectivity index (χ0) is 17.9. The zero-order valence-corrected chi connectivity index (χ0v) is 15.6. The fraction of sp³-hybridized carbons (Fsp3) is 0.158. The summed E-state index contributed by atoms with van der Waals surface area (Å²) in [4.78, 5) is 0. The van der Waals surface area contributed by atoms with Crippen LogP contribution in [0.1, 0.15) is 11.3 Å². The normalized spacial score (nSPS) is 12.9. The highest BCUT2D eigenvalue weighted by Gasteiger charge is 2.35. The van der Waals surface area contributed by atoms with E-state index < -0.39 is 13.4 Å². The Balaban J connectivity index is 2.08. The zero-order valence-electron chi connectivity index (χ0n) is 14.0. The molecular weight excluding hydrogens is 357 g/mol. The average molecular weight is 376 g/mol. The molecule has 0 aliphatic rings. The molecule has 3 rings (SSSR count). The van der Waals surface area contributed by atoms with Crippen molar-refractivity contribution in [1.29, 1.82) is 0 Å². The Morgan fingerprint density at radius 3 is 2.24 bits per heavy atom. The molecule has 0 saturated heterocycles. The first-order valence-electron chi connectivity index (χ1n) is 7.78. The van der Waals surface area contributed by atoms with Crippen LogP contribution in [0.25, 0.3) is 10.8 Å². The number of benzene rings is 3. The van der Waals surface area contributed by atoms with Crippen molar-refractivity contribution in [3.8, 4) is 0 Å². The number of rotatable bonds is 6. The summed E-state index contributed by atoms with van der Waals surface area (Å²) < 4.78 is 23.6. The molecule has 0 aliphatic heterocycles. The fourth-order valence-electron chi connectivity index (χ4n) is 2.77. The minimum atomic E-state index is -3.43. The van der Waals surface area contributed by atoms with E-state index in [1.807, 2.05) is 54.6 Å². The molecule has 3 aromatic rings. The van der Waals surface area contributed by atoms with E-state index in [4.69, 9.17) is 20.6 Å². The van der Waals surface area contributed by atoms with Crippen LogP contribution in [0.2, 0.25) is 5.02 Å². The lowest BCUT2D eigenvalue weighted by atomic mass is 10.1. The summed E-state index contributed by atoms with van der Waals surface area (Å²) in [5.41, 5.74) is 1.62. The van der Waals surface area contributed by atoms with Gasteiger partial charge in [0.25, 0.3) is 0 Å². The predicted octanol–water partition coefficient (Wildman–Crippen LogP) is 6.09. The van der Waals surface area contributed by atoms with Gasteiger partial charge in [-0.1, -0.05) is 60.1 Å². The van der Waals surface area contributed by atoms with Gasteiger partial charge in [0.05, 0.1) is 0 Å². The number of nitrogens with one attached hydrogen (secondary N) is 1. The highest BCUT2D eigenvalue weighted by Crippen LogP contribution is 2.60. The molecule has 6 heteroatoms. The number of halogens is 1. The van der Waals surface area contributed by atoms with Crippen LogP contribution in [0.3, 0.4) is 0 Å². The third-order valence-electron chi connectivity index (χ3n) is 4.09. The molecule has 0 bridgehead atoms. The van der Waals surface area contributed by atoms with Crippen LogP contribution in [-0.4, -0.2) is 14.2 Å². The topological polar surface area (TPSA) is 47.6 Å². The molecule has 0 spiro atoms. The van der Waals surface area contributed by atoms with Crippen molar-refractivity contribution in [3.05, 3.63) is 77.3 Å². The first kappa shape index (κ1) is 18.0. The van der Waals surface area contributed by atoms with Crippen molar-refractivity contribution in [3.63, 3.8) is 0 Å². The molecule has 0 saturated carbocycles. The van der Waals surface area contributed by atoms with Gasteiger partial charge < -0.3 is 14.4 Å². The van der Waals surface area contributed by atoms with E-state index in [9.17, 15) is 4.57 Å². The molecule has 130 valence electrons. The van der Waals surface area contributed by atoms with Gasteiger partial charge in [0.2, 0.25) is 0 Å². The standard InChI is InChI=1S/C19H19ClNO3P/c1-23-25(22,24-2)19(15-10-12-16(20)13-11-15)21-18-9-5-7-14-6-3-4-8-17(14)18/h3-13,19,21H,1-2H3. The molecule has 1 atom stereocenters. The molecule has 1 unspecified atom stereocenters. The van der Waals surface area contributed by atoms with Gasteiger partial charge >= 0.3 is 7.60 Å². The SMILES string of the molecule is COP(=O)(OC)C(Nc1cccc2ccccc12)c1ccc(Cl)cc1.